The topological polar surface area (TPSA) is 115 Å². The molecule has 0 aromatic heterocycles. The third-order valence-corrected chi connectivity index (χ3v) is 4.72. The Morgan fingerprint density at radius 2 is 1.52 bits per heavy atom. The molecule has 2 radical (unpaired) electrons. The summed E-state index contributed by atoms with van der Waals surface area (Å²) in [4.78, 5) is 37.2. The second-order valence-electron chi connectivity index (χ2n) is 7.05. The number of nitrogens with zero attached hydrogens (tertiary/aromatic N) is 1. The van der Waals surface area contributed by atoms with Gasteiger partial charge in [-0.15, -0.1) is 0 Å². The molecule has 1 heterocycles. The van der Waals surface area contributed by atoms with Gasteiger partial charge in [-0.25, -0.2) is 9.59 Å². The molecule has 2 rings (SSSR count). The normalized spacial score (nSPS) is 15.1. The number of rotatable bonds is 6. The van der Waals surface area contributed by atoms with E-state index in [4.69, 9.17) is 0 Å². The molecule has 7 nitrogen and oxygen atoms in total. The molecule has 0 aliphatic carbocycles. The first-order valence-electron chi connectivity index (χ1n) is 8.96. The van der Waals surface area contributed by atoms with Crippen molar-refractivity contribution in [2.24, 2.45) is 5.92 Å². The Hall–Kier alpha value is -0.670. The van der Waals surface area contributed by atoms with Crippen molar-refractivity contribution in [2.45, 2.75) is 39.2 Å². The first kappa shape index (κ1) is 28.3. The monoisotopic (exact) mass is 421 g/mol. The Kier molecular flexibility index (Phi) is 12.6. The smallest absolute Gasteiger partial charge is 0.332 e. The molecule has 9 heteroatoms. The summed E-state index contributed by atoms with van der Waals surface area (Å²) in [5, 5.41) is 28.3. The van der Waals surface area contributed by atoms with E-state index < -0.39 is 17.9 Å². The van der Waals surface area contributed by atoms with E-state index in [1.807, 2.05) is 0 Å². The summed E-state index contributed by atoms with van der Waals surface area (Å²) < 4.78 is 0. The van der Waals surface area contributed by atoms with Gasteiger partial charge in [-0.05, 0) is 36.5 Å². The number of carboxylic acids is 2. The van der Waals surface area contributed by atoms with Gasteiger partial charge < -0.3 is 20.2 Å². The number of piperidine rings is 1. The molecular formula is C20H25NNa2O6. The third-order valence-electron chi connectivity index (χ3n) is 4.72. The third kappa shape index (κ3) is 7.83. The van der Waals surface area contributed by atoms with Crippen molar-refractivity contribution in [3.63, 3.8) is 0 Å². The van der Waals surface area contributed by atoms with E-state index in [1.165, 1.54) is 0 Å². The Morgan fingerprint density at radius 1 is 1.00 bits per heavy atom. The first-order chi connectivity index (χ1) is 12.7. The summed E-state index contributed by atoms with van der Waals surface area (Å²) in [5.74, 6) is -3.05. The van der Waals surface area contributed by atoms with Crippen molar-refractivity contribution in [1.82, 2.24) is 4.90 Å². The predicted molar refractivity (Wildman–Crippen MR) is 110 cm³/mol. The van der Waals surface area contributed by atoms with Crippen LogP contribution < -0.4 is 0 Å². The van der Waals surface area contributed by atoms with Crippen LogP contribution in [0.1, 0.15) is 42.6 Å². The minimum atomic E-state index is -1.26. The molecule has 1 amide bonds. The summed E-state index contributed by atoms with van der Waals surface area (Å²) in [6.45, 7) is 4.29. The fourth-order valence-electron chi connectivity index (χ4n) is 3.23. The number of carboxylic acid groups (broad SMARTS) is 2. The molecular weight excluding hydrogens is 396 g/mol. The number of aliphatic hydroxyl groups is 1. The standard InChI is InChI=1S/C20H25NO6.2Na/c1-12(2)17(20(26)27)16(19(24)25)11-13-3-5-14(6-4-13)18(23)21-9-7-15(22)8-10-21;;/h3-6,12,15,22H,7-11H2,1-2H3,(H,24,25)(H,26,27);;. The summed E-state index contributed by atoms with van der Waals surface area (Å²) in [5.41, 5.74) is 0.840. The summed E-state index contributed by atoms with van der Waals surface area (Å²) in [6, 6.07) is 6.54. The van der Waals surface area contributed by atoms with Gasteiger partial charge in [-0.1, -0.05) is 26.0 Å². The number of carbonyl (C=O) groups excluding carboxylic acids is 1. The minimum absolute atomic E-state index is 0. The van der Waals surface area contributed by atoms with Crippen molar-refractivity contribution in [3.05, 3.63) is 46.5 Å². The number of aliphatic carboxylic acids is 2. The number of hydrogen-bond donors (Lipinski definition) is 3. The summed E-state index contributed by atoms with van der Waals surface area (Å²) in [6.07, 6.45) is 0.731. The van der Waals surface area contributed by atoms with Gasteiger partial charge in [0.15, 0.2) is 0 Å². The molecule has 3 N–H and O–H groups in total. The molecule has 1 aliphatic heterocycles. The van der Waals surface area contributed by atoms with E-state index in [1.54, 1.807) is 43.0 Å². The van der Waals surface area contributed by atoms with E-state index in [2.05, 4.69) is 0 Å². The Bertz CT molecular complexity index is 753. The van der Waals surface area contributed by atoms with Gasteiger partial charge in [0.05, 0.1) is 17.3 Å². The van der Waals surface area contributed by atoms with E-state index in [0.29, 0.717) is 37.1 Å². The summed E-state index contributed by atoms with van der Waals surface area (Å²) in [7, 11) is 0. The van der Waals surface area contributed by atoms with Gasteiger partial charge in [-0.3, -0.25) is 4.79 Å². The molecule has 0 spiro atoms. The van der Waals surface area contributed by atoms with Crippen LogP contribution in [0.15, 0.2) is 35.4 Å². The first-order valence-corrected chi connectivity index (χ1v) is 8.96. The van der Waals surface area contributed by atoms with Crippen molar-refractivity contribution < 1.29 is 29.7 Å². The molecule has 1 aromatic rings. The van der Waals surface area contributed by atoms with Gasteiger partial charge in [0.25, 0.3) is 5.91 Å². The van der Waals surface area contributed by atoms with E-state index in [9.17, 15) is 29.7 Å². The van der Waals surface area contributed by atoms with Crippen LogP contribution in [0, 0.1) is 5.92 Å². The fraction of sp³-hybridized carbons (Fsp3) is 0.450. The number of aliphatic hydroxyl groups excluding tert-OH is 1. The SMILES string of the molecule is CC(C)C(C(=O)O)=C(Cc1ccc(C(=O)N2CCC(O)CC2)cc1)C(=O)O.[Na].[Na]. The van der Waals surface area contributed by atoms with E-state index >= 15 is 0 Å². The number of carbonyl (C=O) groups is 3. The van der Waals surface area contributed by atoms with Gasteiger partial charge in [0.2, 0.25) is 0 Å². The van der Waals surface area contributed by atoms with Crippen LogP contribution in [-0.2, 0) is 16.0 Å². The Morgan fingerprint density at radius 3 is 1.93 bits per heavy atom. The molecule has 0 unspecified atom stereocenters. The van der Waals surface area contributed by atoms with Crippen LogP contribution in [0.3, 0.4) is 0 Å². The van der Waals surface area contributed by atoms with Crippen LogP contribution >= 0.6 is 0 Å². The number of hydrogen-bond acceptors (Lipinski definition) is 4. The second-order valence-corrected chi connectivity index (χ2v) is 7.05. The molecule has 0 atom stereocenters. The van der Waals surface area contributed by atoms with Crippen LogP contribution in [-0.4, -0.2) is 116 Å². The van der Waals surface area contributed by atoms with Crippen molar-refractivity contribution >= 4 is 77.0 Å². The van der Waals surface area contributed by atoms with Crippen LogP contribution in [0.25, 0.3) is 0 Å². The Balaban J connectivity index is 0.00000392. The average molecular weight is 421 g/mol. The van der Waals surface area contributed by atoms with Crippen LogP contribution in [0.5, 0.6) is 0 Å². The van der Waals surface area contributed by atoms with E-state index in [-0.39, 0.29) is 88.7 Å². The van der Waals surface area contributed by atoms with Gasteiger partial charge in [0, 0.05) is 84.2 Å². The maximum atomic E-state index is 12.5. The molecule has 29 heavy (non-hydrogen) atoms. The number of benzene rings is 1. The van der Waals surface area contributed by atoms with Crippen molar-refractivity contribution in [3.8, 4) is 0 Å². The Labute approximate surface area is 214 Å². The van der Waals surface area contributed by atoms with E-state index in [0.717, 1.165) is 0 Å². The molecule has 1 saturated heterocycles. The maximum absolute atomic E-state index is 12.5. The largest absolute Gasteiger partial charge is 0.478 e. The van der Waals surface area contributed by atoms with Gasteiger partial charge in [0.1, 0.15) is 0 Å². The predicted octanol–water partition coefficient (Wildman–Crippen LogP) is 1.19. The molecule has 1 aliphatic rings. The van der Waals surface area contributed by atoms with Crippen molar-refractivity contribution in [2.75, 3.05) is 13.1 Å². The minimum Gasteiger partial charge on any atom is -0.478 e. The zero-order chi connectivity index (χ0) is 20.1. The molecule has 1 aromatic carbocycles. The van der Waals surface area contributed by atoms with Crippen LogP contribution in [0.4, 0.5) is 0 Å². The van der Waals surface area contributed by atoms with Crippen LogP contribution in [0.2, 0.25) is 0 Å². The van der Waals surface area contributed by atoms with Crippen molar-refractivity contribution in [1.29, 1.82) is 0 Å². The molecule has 148 valence electrons. The second kappa shape index (κ2) is 12.9. The quantitative estimate of drug-likeness (QED) is 0.470. The molecule has 0 bridgehead atoms. The molecule has 0 saturated carbocycles. The zero-order valence-electron chi connectivity index (χ0n) is 17.5. The number of likely N-dealkylation sites (tertiary alicyclic amines) is 1. The maximum Gasteiger partial charge on any atom is 0.332 e. The van der Waals surface area contributed by atoms with Gasteiger partial charge in [-0.2, -0.15) is 0 Å². The molecule has 1 fully saturated rings. The van der Waals surface area contributed by atoms with Gasteiger partial charge >= 0.3 is 11.9 Å². The number of amides is 1. The zero-order valence-corrected chi connectivity index (χ0v) is 21.5. The average Bonchev–Trinajstić information content (AvgIpc) is 2.61. The fourth-order valence-corrected chi connectivity index (χ4v) is 3.23. The summed E-state index contributed by atoms with van der Waals surface area (Å²) >= 11 is 0.